The van der Waals surface area contributed by atoms with Gasteiger partial charge in [-0.3, -0.25) is 0 Å². The molecule has 0 saturated heterocycles. The van der Waals surface area contributed by atoms with E-state index in [1.54, 1.807) is 24.3 Å². The van der Waals surface area contributed by atoms with Crippen molar-refractivity contribution in [2.24, 2.45) is 0 Å². The van der Waals surface area contributed by atoms with Crippen LogP contribution < -0.4 is 0 Å². The van der Waals surface area contributed by atoms with Crippen LogP contribution in [0.5, 0.6) is 0 Å². The first-order valence-electron chi connectivity index (χ1n) is 5.32. The van der Waals surface area contributed by atoms with Crippen molar-refractivity contribution in [2.75, 3.05) is 0 Å². The molecule has 0 bridgehead atoms. The molecule has 98 valence electrons. The number of nitriles is 2. The number of nitrogens with zero attached hydrogens (tertiary/aromatic N) is 2. The van der Waals surface area contributed by atoms with Crippen LogP contribution in [0, 0.1) is 22.7 Å². The number of rotatable bonds is 1. The third-order valence-corrected chi connectivity index (χ3v) is 4.63. The number of hydrogen-bond donors (Lipinski definition) is 1. The molecular formula is C14H5Cl3N2S. The van der Waals surface area contributed by atoms with E-state index in [0.29, 0.717) is 16.7 Å². The van der Waals surface area contributed by atoms with Crippen LogP contribution in [0.25, 0.3) is 11.1 Å². The minimum atomic E-state index is 0.111. The zero-order valence-electron chi connectivity index (χ0n) is 9.78. The SMILES string of the molecule is N#Cc1ccccc1-c1c(Cl)c(Cl)c(Cl)c(S)c1C#N. The quantitative estimate of drug-likeness (QED) is 0.562. The topological polar surface area (TPSA) is 47.6 Å². The van der Waals surface area contributed by atoms with Crippen molar-refractivity contribution in [3.63, 3.8) is 0 Å². The van der Waals surface area contributed by atoms with Crippen LogP contribution in [-0.4, -0.2) is 0 Å². The molecule has 0 amide bonds. The second-order valence-electron chi connectivity index (χ2n) is 3.81. The zero-order valence-corrected chi connectivity index (χ0v) is 12.9. The van der Waals surface area contributed by atoms with Crippen molar-refractivity contribution >= 4 is 47.4 Å². The summed E-state index contributed by atoms with van der Waals surface area (Å²) in [7, 11) is 0. The number of halogens is 3. The monoisotopic (exact) mass is 338 g/mol. The second-order valence-corrected chi connectivity index (χ2v) is 5.39. The van der Waals surface area contributed by atoms with Crippen LogP contribution in [0.2, 0.25) is 15.1 Å². The highest BCUT2D eigenvalue weighted by Gasteiger charge is 2.22. The third kappa shape index (κ3) is 2.35. The van der Waals surface area contributed by atoms with Gasteiger partial charge in [-0.15, -0.1) is 12.6 Å². The van der Waals surface area contributed by atoms with Crippen LogP contribution in [0.1, 0.15) is 11.1 Å². The molecule has 0 atom stereocenters. The maximum absolute atomic E-state index is 9.32. The van der Waals surface area contributed by atoms with Crippen LogP contribution in [0.3, 0.4) is 0 Å². The first-order chi connectivity index (χ1) is 9.52. The molecular weight excluding hydrogens is 335 g/mol. The molecule has 20 heavy (non-hydrogen) atoms. The Kier molecular flexibility index (Phi) is 4.48. The lowest BCUT2D eigenvalue weighted by molar-refractivity contribution is 1.37. The molecule has 2 aromatic rings. The molecule has 0 unspecified atom stereocenters. The van der Waals surface area contributed by atoms with Crippen molar-refractivity contribution in [1.82, 2.24) is 0 Å². The van der Waals surface area contributed by atoms with Gasteiger partial charge in [-0.05, 0) is 6.07 Å². The van der Waals surface area contributed by atoms with Gasteiger partial charge in [0, 0.05) is 16.0 Å². The van der Waals surface area contributed by atoms with Crippen molar-refractivity contribution in [2.45, 2.75) is 4.90 Å². The predicted octanol–water partition coefficient (Wildman–Crippen LogP) is 5.35. The van der Waals surface area contributed by atoms with Gasteiger partial charge in [-0.2, -0.15) is 10.5 Å². The number of thiol groups is 1. The lowest BCUT2D eigenvalue weighted by Crippen LogP contribution is -1.93. The molecule has 0 saturated carbocycles. The minimum Gasteiger partial charge on any atom is -0.192 e. The van der Waals surface area contributed by atoms with Crippen molar-refractivity contribution in [3.05, 3.63) is 50.5 Å². The minimum absolute atomic E-state index is 0.111. The molecule has 2 nitrogen and oxygen atoms in total. The molecule has 0 fully saturated rings. The Balaban J connectivity index is 2.96. The molecule has 0 aliphatic rings. The van der Waals surface area contributed by atoms with Gasteiger partial charge in [0.15, 0.2) is 0 Å². The summed E-state index contributed by atoms with van der Waals surface area (Å²) in [4.78, 5) is 0.242. The lowest BCUT2D eigenvalue weighted by Gasteiger charge is -2.14. The highest BCUT2D eigenvalue weighted by Crippen LogP contribution is 2.45. The van der Waals surface area contributed by atoms with Gasteiger partial charge >= 0.3 is 0 Å². The summed E-state index contributed by atoms with van der Waals surface area (Å²) in [6.07, 6.45) is 0. The van der Waals surface area contributed by atoms with Gasteiger partial charge in [-0.25, -0.2) is 0 Å². The highest BCUT2D eigenvalue weighted by molar-refractivity contribution is 7.80. The van der Waals surface area contributed by atoms with Crippen molar-refractivity contribution in [1.29, 1.82) is 10.5 Å². The third-order valence-electron chi connectivity index (χ3n) is 2.73. The summed E-state index contributed by atoms with van der Waals surface area (Å²) in [5, 5.41) is 18.9. The van der Waals surface area contributed by atoms with Gasteiger partial charge in [-0.1, -0.05) is 53.0 Å². The summed E-state index contributed by atoms with van der Waals surface area (Å²) in [6.45, 7) is 0. The number of hydrogen-bond acceptors (Lipinski definition) is 3. The second kappa shape index (κ2) is 5.95. The average molecular weight is 340 g/mol. The van der Waals surface area contributed by atoms with Crippen molar-refractivity contribution in [3.8, 4) is 23.3 Å². The molecule has 0 aliphatic heterocycles. The van der Waals surface area contributed by atoms with Gasteiger partial charge in [0.1, 0.15) is 6.07 Å². The van der Waals surface area contributed by atoms with E-state index in [0.717, 1.165) is 0 Å². The summed E-state index contributed by atoms with van der Waals surface area (Å²) in [6, 6.07) is 10.9. The predicted molar refractivity (Wildman–Crippen MR) is 83.6 cm³/mol. The summed E-state index contributed by atoms with van der Waals surface area (Å²) >= 11 is 22.5. The van der Waals surface area contributed by atoms with Crippen molar-refractivity contribution < 1.29 is 0 Å². The molecule has 0 radical (unpaired) electrons. The van der Waals surface area contributed by atoms with E-state index >= 15 is 0 Å². The Hall–Kier alpha value is -1.36. The molecule has 2 rings (SSSR count). The first kappa shape index (κ1) is 15.0. The molecule has 0 heterocycles. The fraction of sp³-hybridized carbons (Fsp3) is 0. The number of benzene rings is 2. The van der Waals surface area contributed by atoms with E-state index in [2.05, 4.69) is 18.7 Å². The molecule has 0 aromatic heterocycles. The van der Waals surface area contributed by atoms with E-state index in [4.69, 9.17) is 34.8 Å². The van der Waals surface area contributed by atoms with Crippen LogP contribution >= 0.6 is 47.4 Å². The molecule has 6 heteroatoms. The Labute approximate surface area is 136 Å². The summed E-state index contributed by atoms with van der Waals surface area (Å²) in [5.74, 6) is 0. The van der Waals surface area contributed by atoms with Gasteiger partial charge in [0.2, 0.25) is 0 Å². The Morgan fingerprint density at radius 2 is 1.55 bits per heavy atom. The molecule has 2 aromatic carbocycles. The smallest absolute Gasteiger partial charge is 0.101 e. The van der Waals surface area contributed by atoms with E-state index in [1.807, 2.05) is 6.07 Å². The fourth-order valence-corrected chi connectivity index (χ4v) is 2.86. The summed E-state index contributed by atoms with van der Waals surface area (Å²) in [5.41, 5.74) is 1.46. The Morgan fingerprint density at radius 1 is 0.900 bits per heavy atom. The maximum Gasteiger partial charge on any atom is 0.101 e. The zero-order chi connectivity index (χ0) is 14.9. The fourth-order valence-electron chi connectivity index (χ4n) is 1.81. The largest absolute Gasteiger partial charge is 0.192 e. The Bertz CT molecular complexity index is 788. The van der Waals surface area contributed by atoms with E-state index in [-0.39, 0.29) is 25.5 Å². The van der Waals surface area contributed by atoms with Gasteiger partial charge in [0.25, 0.3) is 0 Å². The van der Waals surface area contributed by atoms with E-state index < -0.39 is 0 Å². The molecule has 0 N–H and O–H groups in total. The molecule has 0 spiro atoms. The van der Waals surface area contributed by atoms with Crippen LogP contribution in [0.15, 0.2) is 29.2 Å². The van der Waals surface area contributed by atoms with E-state index in [1.165, 1.54) is 0 Å². The van der Waals surface area contributed by atoms with Gasteiger partial charge in [0.05, 0.1) is 32.3 Å². The first-order valence-corrected chi connectivity index (χ1v) is 6.90. The van der Waals surface area contributed by atoms with E-state index in [9.17, 15) is 10.5 Å². The Morgan fingerprint density at radius 3 is 2.15 bits per heavy atom. The summed E-state index contributed by atoms with van der Waals surface area (Å²) < 4.78 is 0. The van der Waals surface area contributed by atoms with Crippen LogP contribution in [0.4, 0.5) is 0 Å². The highest BCUT2D eigenvalue weighted by atomic mass is 35.5. The van der Waals surface area contributed by atoms with Crippen LogP contribution in [-0.2, 0) is 0 Å². The van der Waals surface area contributed by atoms with Gasteiger partial charge < -0.3 is 0 Å². The average Bonchev–Trinajstić information content (AvgIpc) is 2.48. The molecule has 0 aliphatic carbocycles. The maximum atomic E-state index is 9.32. The normalized spacial score (nSPS) is 9.90. The lowest BCUT2D eigenvalue weighted by atomic mass is 9.96. The standard InChI is InChI=1S/C14H5Cl3N2S/c15-11-10(8-4-2-1-3-7(8)5-18)9(6-19)14(20)13(17)12(11)16/h1-4,20H.